The molecule has 0 atom stereocenters. The minimum Gasteiger partial charge on any atom is -0.463 e. The Labute approximate surface area is 184 Å². The smallest absolute Gasteiger partial charge is 0.333 e. The lowest BCUT2D eigenvalue weighted by molar-refractivity contribution is -0.136. The average Bonchev–Trinajstić information content (AvgIpc) is 2.99. The summed E-state index contributed by atoms with van der Waals surface area (Å²) in [5, 5.41) is 0. The molecule has 1 aliphatic heterocycles. The third kappa shape index (κ3) is 5.44. The number of amides is 1. The second-order valence-corrected chi connectivity index (χ2v) is 8.37. The number of hydrogen-bond donors (Lipinski definition) is 0. The lowest BCUT2D eigenvalue weighted by atomic mass is 10.2. The van der Waals surface area contributed by atoms with Gasteiger partial charge in [-0.2, -0.15) is 0 Å². The minimum atomic E-state index is -0.618. The van der Waals surface area contributed by atoms with Crippen molar-refractivity contribution >= 4 is 51.3 Å². The van der Waals surface area contributed by atoms with Crippen LogP contribution in [0.2, 0.25) is 0 Å². The van der Waals surface area contributed by atoms with Crippen LogP contribution in [0.25, 0.3) is 12.2 Å². The summed E-state index contributed by atoms with van der Waals surface area (Å²) in [6, 6.07) is 4.50. The highest BCUT2D eigenvalue weighted by atomic mass is 79.9. The molecule has 1 fully saturated rings. The molecule has 0 unspecified atom stereocenters. The van der Waals surface area contributed by atoms with Crippen LogP contribution in [-0.2, 0) is 25.6 Å². The number of hydrogen-bond acceptors (Lipinski definition) is 6. The molecular weight excluding hydrogens is 479 g/mol. The van der Waals surface area contributed by atoms with Crippen molar-refractivity contribution in [3.8, 4) is 0 Å². The zero-order chi connectivity index (χ0) is 21.7. The first kappa shape index (κ1) is 22.4. The van der Waals surface area contributed by atoms with Gasteiger partial charge in [-0.05, 0) is 25.1 Å². The zero-order valence-corrected chi connectivity index (χ0v) is 18.6. The second kappa shape index (κ2) is 10.1. The number of morpholine rings is 1. The van der Waals surface area contributed by atoms with Crippen LogP contribution in [0.1, 0.15) is 12.5 Å². The van der Waals surface area contributed by atoms with Crippen LogP contribution in [0.5, 0.6) is 0 Å². The zero-order valence-electron chi connectivity index (χ0n) is 16.2. The first-order chi connectivity index (χ1) is 14.4. The summed E-state index contributed by atoms with van der Waals surface area (Å²) in [6.07, 6.45) is 2.59. The molecule has 1 aromatic carbocycles. The first-order valence-corrected chi connectivity index (χ1v) is 10.9. The highest BCUT2D eigenvalue weighted by Crippen LogP contribution is 2.15. The quantitative estimate of drug-likeness (QED) is 0.571. The van der Waals surface area contributed by atoms with Crippen molar-refractivity contribution in [2.24, 2.45) is 0 Å². The molecule has 0 saturated carbocycles. The van der Waals surface area contributed by atoms with E-state index < -0.39 is 17.3 Å². The van der Waals surface area contributed by atoms with Gasteiger partial charge in [-0.15, -0.1) is 11.3 Å². The van der Waals surface area contributed by atoms with Crippen molar-refractivity contribution in [2.45, 2.75) is 13.5 Å². The van der Waals surface area contributed by atoms with Gasteiger partial charge in [0.25, 0.3) is 5.56 Å². The molecule has 0 N–H and O–H groups in total. The maximum Gasteiger partial charge on any atom is 0.333 e. The van der Waals surface area contributed by atoms with Crippen molar-refractivity contribution in [3.05, 3.63) is 53.6 Å². The lowest BCUT2D eigenvalue weighted by Gasteiger charge is -2.26. The number of benzene rings is 1. The summed E-state index contributed by atoms with van der Waals surface area (Å²) in [4.78, 5) is 39.2. The highest BCUT2D eigenvalue weighted by molar-refractivity contribution is 9.10. The monoisotopic (exact) mass is 498 g/mol. The molecule has 1 saturated heterocycles. The summed E-state index contributed by atoms with van der Waals surface area (Å²) in [6.45, 7) is 3.39. The van der Waals surface area contributed by atoms with Gasteiger partial charge in [0.05, 0.1) is 30.4 Å². The van der Waals surface area contributed by atoms with Gasteiger partial charge < -0.3 is 14.4 Å². The minimum absolute atomic E-state index is 0.181. The Morgan fingerprint density at radius 2 is 2.07 bits per heavy atom. The summed E-state index contributed by atoms with van der Waals surface area (Å²) < 4.78 is 26.7. The topological polar surface area (TPSA) is 77.8 Å². The Bertz CT molecular complexity index is 1120. The molecule has 3 rings (SSSR count). The number of halogens is 2. The van der Waals surface area contributed by atoms with E-state index in [-0.39, 0.29) is 33.8 Å². The number of rotatable bonds is 5. The van der Waals surface area contributed by atoms with Gasteiger partial charge >= 0.3 is 5.97 Å². The summed E-state index contributed by atoms with van der Waals surface area (Å²) in [5.41, 5.74) is -0.245. The van der Waals surface area contributed by atoms with E-state index in [1.807, 2.05) is 0 Å². The molecule has 0 bridgehead atoms. The van der Waals surface area contributed by atoms with Gasteiger partial charge in [0.1, 0.15) is 17.0 Å². The molecule has 2 heterocycles. The van der Waals surface area contributed by atoms with E-state index in [0.29, 0.717) is 30.8 Å². The number of aromatic nitrogens is 1. The van der Waals surface area contributed by atoms with Crippen molar-refractivity contribution in [2.75, 3.05) is 32.9 Å². The molecule has 30 heavy (non-hydrogen) atoms. The van der Waals surface area contributed by atoms with E-state index in [4.69, 9.17) is 9.47 Å². The average molecular weight is 499 g/mol. The van der Waals surface area contributed by atoms with E-state index in [9.17, 15) is 18.8 Å². The number of carbonyl (C=O) groups excluding carboxylic acids is 2. The van der Waals surface area contributed by atoms with Crippen molar-refractivity contribution in [1.82, 2.24) is 9.47 Å². The Morgan fingerprint density at radius 1 is 1.33 bits per heavy atom. The van der Waals surface area contributed by atoms with Crippen molar-refractivity contribution in [3.63, 3.8) is 0 Å². The number of esters is 1. The fraction of sp³-hybridized carbons (Fsp3) is 0.350. The Kier molecular flexibility index (Phi) is 7.57. The van der Waals surface area contributed by atoms with Crippen LogP contribution in [0.3, 0.4) is 0 Å². The van der Waals surface area contributed by atoms with Crippen LogP contribution in [-0.4, -0.2) is 54.3 Å². The Hall–Kier alpha value is -2.30. The van der Waals surface area contributed by atoms with Crippen molar-refractivity contribution in [1.29, 1.82) is 0 Å². The second-order valence-electron chi connectivity index (χ2n) is 6.40. The van der Waals surface area contributed by atoms with E-state index in [1.165, 1.54) is 28.9 Å². The highest BCUT2D eigenvalue weighted by Gasteiger charge is 2.19. The fourth-order valence-electron chi connectivity index (χ4n) is 2.89. The van der Waals surface area contributed by atoms with Gasteiger partial charge in [-0.1, -0.05) is 22.0 Å². The molecule has 0 radical (unpaired) electrons. The molecule has 1 aromatic heterocycles. The molecule has 7 nitrogen and oxygen atoms in total. The molecule has 0 aliphatic carbocycles. The molecule has 0 spiro atoms. The van der Waals surface area contributed by atoms with Gasteiger partial charge in [-0.25, -0.2) is 9.18 Å². The van der Waals surface area contributed by atoms with Gasteiger partial charge in [0.15, 0.2) is 0 Å². The molecule has 1 aliphatic rings. The molecule has 160 valence electrons. The van der Waals surface area contributed by atoms with E-state index in [1.54, 1.807) is 17.9 Å². The first-order valence-electron chi connectivity index (χ1n) is 9.29. The van der Waals surface area contributed by atoms with E-state index >= 15 is 0 Å². The van der Waals surface area contributed by atoms with Crippen LogP contribution in [0.15, 0.2) is 27.5 Å². The van der Waals surface area contributed by atoms with Crippen LogP contribution in [0, 0.1) is 5.82 Å². The van der Waals surface area contributed by atoms with Crippen molar-refractivity contribution < 1.29 is 23.5 Å². The maximum absolute atomic E-state index is 14.2. The fourth-order valence-corrected chi connectivity index (χ4v) is 4.24. The normalized spacial score (nSPS) is 15.5. The molecule has 1 amide bonds. The standard InChI is InChI=1S/C20H20BrFN2O5S/c1-2-29-19(26)11-18-24(12-17(25)23-5-7-28-8-6-23)20(27)16(30-18)9-13-3-4-14(21)10-15(13)22/h3-4,9-11H,2,5-8,12H2,1H3/b16-9+,18-11-. The summed E-state index contributed by atoms with van der Waals surface area (Å²) in [5.74, 6) is -1.37. The predicted molar refractivity (Wildman–Crippen MR) is 114 cm³/mol. The van der Waals surface area contributed by atoms with Gasteiger partial charge in [-0.3, -0.25) is 14.2 Å². The Balaban J connectivity index is 2.05. The van der Waals surface area contributed by atoms with Crippen LogP contribution >= 0.6 is 27.3 Å². The largest absolute Gasteiger partial charge is 0.463 e. The molecular formula is C20H20BrFN2O5S. The molecule has 10 heteroatoms. The lowest BCUT2D eigenvalue weighted by Crippen LogP contribution is -2.45. The number of nitrogens with zero attached hydrogens (tertiary/aromatic N) is 2. The number of carbonyl (C=O) groups is 2. The van der Waals surface area contributed by atoms with E-state index in [2.05, 4.69) is 15.9 Å². The SMILES string of the molecule is CCOC(=O)/C=c1\s/c(=C/c2ccc(Br)cc2F)c(=O)n1CC(=O)N1CCOCC1. The summed E-state index contributed by atoms with van der Waals surface area (Å²) >= 11 is 4.20. The van der Waals surface area contributed by atoms with Crippen LogP contribution < -0.4 is 14.8 Å². The van der Waals surface area contributed by atoms with E-state index in [0.717, 1.165) is 11.3 Å². The summed E-state index contributed by atoms with van der Waals surface area (Å²) in [7, 11) is 0. The van der Waals surface area contributed by atoms with Crippen LogP contribution in [0.4, 0.5) is 4.39 Å². The Morgan fingerprint density at radius 3 is 2.73 bits per heavy atom. The molecule has 2 aromatic rings. The number of ether oxygens (including phenoxy) is 2. The third-order valence-corrected chi connectivity index (χ3v) is 5.92. The maximum atomic E-state index is 14.2. The number of thiazole rings is 1. The third-order valence-electron chi connectivity index (χ3n) is 4.37. The predicted octanol–water partition coefficient (Wildman–Crippen LogP) is 0.843. The van der Waals surface area contributed by atoms with Gasteiger partial charge in [0, 0.05) is 23.1 Å². The van der Waals surface area contributed by atoms with Gasteiger partial charge in [0.2, 0.25) is 5.91 Å².